The van der Waals surface area contributed by atoms with Gasteiger partial charge in [-0.1, -0.05) is 36.4 Å². The average Bonchev–Trinajstić information content (AvgIpc) is 2.51. The molecule has 5 nitrogen and oxygen atoms in total. The number of hydrogen-bond acceptors (Lipinski definition) is 1. The normalized spacial score (nSPS) is 10.6. The number of nitrogens with two attached hydrogens (primary N) is 2. The zero-order valence-electron chi connectivity index (χ0n) is 12.2. The molecule has 0 aliphatic carbocycles. The molecule has 0 aliphatic rings. The van der Waals surface area contributed by atoms with Crippen LogP contribution in [0.2, 0.25) is 0 Å². The van der Waals surface area contributed by atoms with Crippen molar-refractivity contribution in [1.82, 2.24) is 0 Å². The largest absolute Gasteiger partial charge is 0.370 e. The molecule has 3 aromatic rings. The highest BCUT2D eigenvalue weighted by Gasteiger charge is 2.11. The number of nitrogens with one attached hydrogen (secondary N) is 1. The summed E-state index contributed by atoms with van der Waals surface area (Å²) in [6.45, 7) is 0. The molecule has 3 aromatic carbocycles. The Hall–Kier alpha value is -3.08. The van der Waals surface area contributed by atoms with E-state index in [4.69, 9.17) is 16.9 Å². The minimum atomic E-state index is -0.123. The third-order valence-electron chi connectivity index (χ3n) is 3.64. The maximum absolute atomic E-state index is 7.98. The van der Waals surface area contributed by atoms with E-state index in [0.717, 1.165) is 21.8 Å². The van der Waals surface area contributed by atoms with Gasteiger partial charge in [0.05, 0.1) is 5.69 Å². The van der Waals surface area contributed by atoms with Gasteiger partial charge in [0, 0.05) is 12.4 Å². The molecule has 0 atom stereocenters. The number of fused-ring (bicyclic) bond motifs is 2. The van der Waals surface area contributed by atoms with E-state index < -0.39 is 0 Å². The fraction of sp³-hybridized carbons (Fsp3) is 0.0588. The maximum Gasteiger partial charge on any atom is 0.225 e. The Morgan fingerprint density at radius 3 is 2.27 bits per heavy atom. The minimum absolute atomic E-state index is 0.000610. The predicted molar refractivity (Wildman–Crippen MR) is 93.4 cm³/mol. The van der Waals surface area contributed by atoms with Crippen LogP contribution in [0.1, 0.15) is 0 Å². The summed E-state index contributed by atoms with van der Waals surface area (Å²) >= 11 is 0. The number of anilines is 1. The van der Waals surface area contributed by atoms with Crippen LogP contribution >= 0.6 is 0 Å². The maximum atomic E-state index is 7.98. The number of guanidine groups is 2. The van der Waals surface area contributed by atoms with Crippen LogP contribution in [0.4, 0.5) is 5.69 Å². The van der Waals surface area contributed by atoms with Gasteiger partial charge in [-0.15, -0.1) is 0 Å². The summed E-state index contributed by atoms with van der Waals surface area (Å²) in [6.07, 6.45) is 0. The summed E-state index contributed by atoms with van der Waals surface area (Å²) in [4.78, 5) is 5.47. The summed E-state index contributed by atoms with van der Waals surface area (Å²) < 4.78 is 0. The fourth-order valence-corrected chi connectivity index (χ4v) is 2.55. The number of nitrogens with zero attached hydrogens (tertiary/aromatic N) is 2. The number of rotatable bonds is 1. The summed E-state index contributed by atoms with van der Waals surface area (Å²) in [7, 11) is 1.78. The van der Waals surface area contributed by atoms with E-state index in [1.165, 1.54) is 5.39 Å². The molecule has 3 rings (SSSR count). The lowest BCUT2D eigenvalue weighted by Crippen LogP contribution is -2.30. The first-order chi connectivity index (χ1) is 10.6. The van der Waals surface area contributed by atoms with Gasteiger partial charge in [0.15, 0.2) is 5.96 Å². The van der Waals surface area contributed by atoms with E-state index in [2.05, 4.69) is 35.3 Å². The molecule has 110 valence electrons. The van der Waals surface area contributed by atoms with Crippen molar-refractivity contribution in [1.29, 1.82) is 5.41 Å². The van der Waals surface area contributed by atoms with E-state index in [1.807, 2.05) is 24.3 Å². The van der Waals surface area contributed by atoms with Crippen LogP contribution in [0.3, 0.4) is 0 Å². The summed E-state index contributed by atoms with van der Waals surface area (Å²) in [5, 5.41) is 12.5. The van der Waals surface area contributed by atoms with Crippen molar-refractivity contribution in [3.63, 3.8) is 0 Å². The first-order valence-electron chi connectivity index (χ1n) is 6.90. The van der Waals surface area contributed by atoms with Crippen LogP contribution < -0.4 is 16.4 Å². The fourth-order valence-electron chi connectivity index (χ4n) is 2.55. The van der Waals surface area contributed by atoms with E-state index in [9.17, 15) is 0 Å². The lowest BCUT2D eigenvalue weighted by Gasteiger charge is -2.19. The second-order valence-electron chi connectivity index (χ2n) is 5.12. The Balaban J connectivity index is 2.19. The van der Waals surface area contributed by atoms with E-state index in [1.54, 1.807) is 11.9 Å². The van der Waals surface area contributed by atoms with Gasteiger partial charge < -0.3 is 16.4 Å². The molecule has 0 unspecified atom stereocenters. The topological polar surface area (TPSA) is 91.5 Å². The second kappa shape index (κ2) is 5.37. The third-order valence-corrected chi connectivity index (χ3v) is 3.64. The van der Waals surface area contributed by atoms with Gasteiger partial charge in [-0.3, -0.25) is 5.41 Å². The van der Waals surface area contributed by atoms with Gasteiger partial charge >= 0.3 is 0 Å². The van der Waals surface area contributed by atoms with Crippen molar-refractivity contribution < 1.29 is 0 Å². The number of benzene rings is 3. The smallest absolute Gasteiger partial charge is 0.225 e. The quantitative estimate of drug-likeness (QED) is 0.365. The zero-order chi connectivity index (χ0) is 15.7. The van der Waals surface area contributed by atoms with Crippen molar-refractivity contribution in [2.75, 3.05) is 11.9 Å². The van der Waals surface area contributed by atoms with Crippen LogP contribution in [-0.2, 0) is 0 Å². The zero-order valence-corrected chi connectivity index (χ0v) is 12.2. The molecule has 0 spiro atoms. The lowest BCUT2D eigenvalue weighted by molar-refractivity contribution is 1.20. The van der Waals surface area contributed by atoms with E-state index >= 15 is 0 Å². The number of hydrogen-bond donors (Lipinski definition) is 3. The summed E-state index contributed by atoms with van der Waals surface area (Å²) in [6, 6.07) is 18.5. The Morgan fingerprint density at radius 1 is 0.955 bits per heavy atom. The second-order valence-corrected chi connectivity index (χ2v) is 5.12. The molecule has 0 amide bonds. The van der Waals surface area contributed by atoms with Crippen molar-refractivity contribution in [3.8, 4) is 0 Å². The Labute approximate surface area is 128 Å². The monoisotopic (exact) mass is 291 g/mol. The molecular formula is C17H17N5. The van der Waals surface area contributed by atoms with E-state index in [0.29, 0.717) is 0 Å². The molecule has 22 heavy (non-hydrogen) atoms. The van der Waals surface area contributed by atoms with Gasteiger partial charge in [0.25, 0.3) is 0 Å². The van der Waals surface area contributed by atoms with E-state index in [-0.39, 0.29) is 11.9 Å². The van der Waals surface area contributed by atoms with Crippen LogP contribution in [0.15, 0.2) is 59.6 Å². The summed E-state index contributed by atoms with van der Waals surface area (Å²) in [5.74, 6) is -0.122. The van der Waals surface area contributed by atoms with Crippen molar-refractivity contribution in [2.45, 2.75) is 0 Å². The molecule has 0 saturated carbocycles. The van der Waals surface area contributed by atoms with Crippen molar-refractivity contribution in [2.24, 2.45) is 16.5 Å². The highest BCUT2D eigenvalue weighted by Crippen LogP contribution is 2.30. The van der Waals surface area contributed by atoms with Gasteiger partial charge in [-0.05, 0) is 34.4 Å². The van der Waals surface area contributed by atoms with Crippen LogP contribution in [-0.4, -0.2) is 19.0 Å². The molecular weight excluding hydrogens is 274 g/mol. The molecule has 0 radical (unpaired) electrons. The molecule has 0 saturated heterocycles. The first-order valence-corrected chi connectivity index (χ1v) is 6.90. The van der Waals surface area contributed by atoms with Crippen LogP contribution in [0, 0.1) is 5.41 Å². The number of aliphatic imine (C=N–C) groups is 1. The Bertz CT molecular complexity index is 894. The molecule has 0 aromatic heterocycles. The van der Waals surface area contributed by atoms with Gasteiger partial charge in [-0.2, -0.15) is 4.99 Å². The lowest BCUT2D eigenvalue weighted by atomic mass is 10.0. The Morgan fingerprint density at radius 2 is 1.59 bits per heavy atom. The molecule has 5 N–H and O–H groups in total. The first kappa shape index (κ1) is 13.9. The van der Waals surface area contributed by atoms with Gasteiger partial charge in [-0.25, -0.2) is 0 Å². The molecule has 5 heteroatoms. The average molecular weight is 291 g/mol. The van der Waals surface area contributed by atoms with Crippen LogP contribution in [0.25, 0.3) is 21.5 Å². The van der Waals surface area contributed by atoms with Gasteiger partial charge in [0.2, 0.25) is 5.96 Å². The molecule has 0 aliphatic heterocycles. The highest BCUT2D eigenvalue weighted by atomic mass is 15.3. The van der Waals surface area contributed by atoms with Crippen molar-refractivity contribution in [3.05, 3.63) is 54.6 Å². The summed E-state index contributed by atoms with van der Waals surface area (Å²) in [5.41, 5.74) is 11.6. The molecule has 0 bridgehead atoms. The standard InChI is InChI=1S/C17H17N5/c1-22(17(20)21-16(18)19)15-8-4-7-13-9-11-5-2-3-6-12(11)10-14(13)15/h2-10H,1H3,(H5,18,19,20,21). The molecule has 0 fully saturated rings. The minimum Gasteiger partial charge on any atom is -0.370 e. The Kier molecular flexibility index (Phi) is 3.39. The van der Waals surface area contributed by atoms with Gasteiger partial charge in [0.1, 0.15) is 0 Å². The SMILES string of the molecule is CN(C(=N)N=C(N)N)c1cccc2cc3ccccc3cc12. The van der Waals surface area contributed by atoms with Crippen molar-refractivity contribution >= 4 is 39.2 Å². The predicted octanol–water partition coefficient (Wildman–Crippen LogP) is 2.64. The van der Waals surface area contributed by atoms with Crippen LogP contribution in [0.5, 0.6) is 0 Å². The third kappa shape index (κ3) is 2.44. The highest BCUT2D eigenvalue weighted by molar-refractivity contribution is 6.09. The molecule has 0 heterocycles.